The maximum atomic E-state index is 12.2. The van der Waals surface area contributed by atoms with Crippen LogP contribution in [-0.2, 0) is 0 Å². The first kappa shape index (κ1) is 17.5. The quantitative estimate of drug-likeness (QED) is 0.858. The predicted molar refractivity (Wildman–Crippen MR) is 86.8 cm³/mol. The largest absolute Gasteiger partial charge is 0.478 e. The lowest BCUT2D eigenvalue weighted by molar-refractivity contribution is 0.0696. The van der Waals surface area contributed by atoms with Crippen LogP contribution in [0.5, 0.6) is 0 Å². The normalized spacial score (nSPS) is 12.7. The number of hydrogen-bond donors (Lipinski definition) is 2. The summed E-state index contributed by atoms with van der Waals surface area (Å²) >= 11 is 3.17. The minimum Gasteiger partial charge on any atom is -0.478 e. The lowest BCUT2D eigenvalue weighted by atomic mass is 9.87. The predicted octanol–water partition coefficient (Wildman–Crippen LogP) is 4.05. The summed E-state index contributed by atoms with van der Waals surface area (Å²) in [4.78, 5) is 24.9. The fourth-order valence-electron chi connectivity index (χ4n) is 1.74. The number of hydrogen-bond acceptors (Lipinski definition) is 2. The van der Waals surface area contributed by atoms with Crippen LogP contribution < -0.4 is 5.32 Å². The molecule has 0 aliphatic carbocycles. The summed E-state index contributed by atoms with van der Waals surface area (Å²) in [7, 11) is 1.72. The van der Waals surface area contributed by atoms with Gasteiger partial charge in [-0.05, 0) is 46.5 Å². The monoisotopic (exact) mass is 356 g/mol. The number of carboxylic acids is 1. The number of rotatable bonds is 3. The van der Waals surface area contributed by atoms with E-state index in [-0.39, 0.29) is 23.1 Å². The van der Waals surface area contributed by atoms with Gasteiger partial charge in [0.1, 0.15) is 0 Å². The van der Waals surface area contributed by atoms with E-state index in [1.54, 1.807) is 24.1 Å². The van der Waals surface area contributed by atoms with Crippen LogP contribution in [0.2, 0.25) is 0 Å². The van der Waals surface area contributed by atoms with Crippen molar-refractivity contribution in [2.45, 2.75) is 33.7 Å². The Morgan fingerprint density at radius 1 is 1.33 bits per heavy atom. The van der Waals surface area contributed by atoms with Crippen molar-refractivity contribution in [3.63, 3.8) is 0 Å². The van der Waals surface area contributed by atoms with Crippen molar-refractivity contribution in [3.8, 4) is 0 Å². The van der Waals surface area contributed by atoms with Crippen LogP contribution in [0.1, 0.15) is 38.1 Å². The van der Waals surface area contributed by atoms with E-state index in [0.717, 1.165) is 0 Å². The standard InChI is InChI=1S/C15H21BrN2O3/c1-9(15(2,3)4)18(5)14(21)17-10-6-7-12(16)11(8-10)13(19)20/h6-9H,1-5H3,(H,17,21)(H,19,20). The Hall–Kier alpha value is -1.56. The molecule has 0 saturated carbocycles. The molecule has 1 unspecified atom stereocenters. The molecule has 1 aromatic carbocycles. The number of urea groups is 1. The Balaban J connectivity index is 2.89. The molecule has 0 aliphatic rings. The average Bonchev–Trinajstić information content (AvgIpc) is 2.37. The molecule has 21 heavy (non-hydrogen) atoms. The van der Waals surface area contributed by atoms with Crippen LogP contribution in [0.15, 0.2) is 22.7 Å². The molecule has 0 fully saturated rings. The zero-order chi connectivity index (χ0) is 16.4. The number of carbonyl (C=O) groups is 2. The summed E-state index contributed by atoms with van der Waals surface area (Å²) in [5.74, 6) is -1.05. The second kappa shape index (κ2) is 6.47. The minimum absolute atomic E-state index is 0.0342. The van der Waals surface area contributed by atoms with Crippen LogP contribution in [0, 0.1) is 5.41 Å². The Bertz CT molecular complexity index is 552. The van der Waals surface area contributed by atoms with Crippen molar-refractivity contribution in [3.05, 3.63) is 28.2 Å². The van der Waals surface area contributed by atoms with Gasteiger partial charge in [-0.25, -0.2) is 9.59 Å². The van der Waals surface area contributed by atoms with Crippen molar-refractivity contribution >= 4 is 33.6 Å². The van der Waals surface area contributed by atoms with E-state index in [2.05, 4.69) is 42.0 Å². The molecule has 116 valence electrons. The van der Waals surface area contributed by atoms with Crippen LogP contribution in [-0.4, -0.2) is 35.1 Å². The van der Waals surface area contributed by atoms with Crippen LogP contribution >= 0.6 is 15.9 Å². The van der Waals surface area contributed by atoms with Crippen LogP contribution in [0.4, 0.5) is 10.5 Å². The van der Waals surface area contributed by atoms with Gasteiger partial charge in [-0.15, -0.1) is 0 Å². The van der Waals surface area contributed by atoms with Gasteiger partial charge in [0.2, 0.25) is 0 Å². The van der Waals surface area contributed by atoms with Crippen molar-refractivity contribution in [1.29, 1.82) is 0 Å². The van der Waals surface area contributed by atoms with Gasteiger partial charge in [-0.2, -0.15) is 0 Å². The highest BCUT2D eigenvalue weighted by Gasteiger charge is 2.27. The maximum absolute atomic E-state index is 12.2. The number of aromatic carboxylic acids is 1. The zero-order valence-corrected chi connectivity index (χ0v) is 14.5. The summed E-state index contributed by atoms with van der Waals surface area (Å²) in [6.45, 7) is 8.15. The van der Waals surface area contributed by atoms with Gasteiger partial charge in [-0.1, -0.05) is 20.8 Å². The van der Waals surface area contributed by atoms with E-state index in [9.17, 15) is 9.59 Å². The fourth-order valence-corrected chi connectivity index (χ4v) is 2.15. The molecule has 0 heterocycles. The first-order valence-corrected chi connectivity index (χ1v) is 7.40. The Morgan fingerprint density at radius 2 is 1.90 bits per heavy atom. The Labute approximate surface area is 133 Å². The SMILES string of the molecule is CC(N(C)C(=O)Nc1ccc(Br)c(C(=O)O)c1)C(C)(C)C. The number of anilines is 1. The fraction of sp³-hybridized carbons (Fsp3) is 0.467. The number of carboxylic acid groups (broad SMARTS) is 1. The van der Waals surface area contributed by atoms with E-state index in [1.165, 1.54) is 6.07 Å². The summed E-state index contributed by atoms with van der Waals surface area (Å²) < 4.78 is 0.476. The summed E-state index contributed by atoms with van der Waals surface area (Å²) in [5.41, 5.74) is 0.519. The molecule has 1 rings (SSSR count). The molecular weight excluding hydrogens is 336 g/mol. The van der Waals surface area contributed by atoms with E-state index in [0.29, 0.717) is 10.2 Å². The molecular formula is C15H21BrN2O3. The van der Waals surface area contributed by atoms with Gasteiger partial charge < -0.3 is 15.3 Å². The van der Waals surface area contributed by atoms with Gasteiger partial charge in [-0.3, -0.25) is 0 Å². The van der Waals surface area contributed by atoms with Gasteiger partial charge in [0.15, 0.2) is 0 Å². The number of amides is 2. The van der Waals surface area contributed by atoms with E-state index in [1.807, 2.05) is 6.92 Å². The van der Waals surface area contributed by atoms with Gasteiger partial charge in [0, 0.05) is 23.2 Å². The molecule has 5 nitrogen and oxygen atoms in total. The Kier molecular flexibility index (Phi) is 5.39. The molecule has 1 atom stereocenters. The minimum atomic E-state index is -1.05. The van der Waals surface area contributed by atoms with E-state index in [4.69, 9.17) is 5.11 Å². The first-order chi connectivity index (χ1) is 9.54. The van der Waals surface area contributed by atoms with Gasteiger partial charge in [0.25, 0.3) is 0 Å². The lowest BCUT2D eigenvalue weighted by Gasteiger charge is -2.35. The highest BCUT2D eigenvalue weighted by Crippen LogP contribution is 2.25. The van der Waals surface area contributed by atoms with E-state index < -0.39 is 5.97 Å². The smallest absolute Gasteiger partial charge is 0.336 e. The second-order valence-electron chi connectivity index (χ2n) is 6.08. The third-order valence-electron chi connectivity index (χ3n) is 3.60. The van der Waals surface area contributed by atoms with Crippen LogP contribution in [0.25, 0.3) is 0 Å². The molecule has 6 heteroatoms. The molecule has 0 spiro atoms. The topological polar surface area (TPSA) is 69.6 Å². The number of carbonyl (C=O) groups excluding carboxylic acids is 1. The molecule has 0 aromatic heterocycles. The second-order valence-corrected chi connectivity index (χ2v) is 6.94. The third-order valence-corrected chi connectivity index (χ3v) is 4.29. The third kappa shape index (κ3) is 4.46. The van der Waals surface area contributed by atoms with Crippen molar-refractivity contribution in [2.75, 3.05) is 12.4 Å². The first-order valence-electron chi connectivity index (χ1n) is 6.60. The number of nitrogens with zero attached hydrogens (tertiary/aromatic N) is 1. The van der Waals surface area contributed by atoms with Crippen molar-refractivity contribution in [2.24, 2.45) is 5.41 Å². The lowest BCUT2D eigenvalue weighted by Crippen LogP contribution is -2.44. The zero-order valence-electron chi connectivity index (χ0n) is 12.9. The maximum Gasteiger partial charge on any atom is 0.336 e. The molecule has 2 N–H and O–H groups in total. The Morgan fingerprint density at radius 3 is 2.38 bits per heavy atom. The number of halogens is 1. The van der Waals surface area contributed by atoms with E-state index >= 15 is 0 Å². The molecule has 0 saturated heterocycles. The van der Waals surface area contributed by atoms with Crippen molar-refractivity contribution in [1.82, 2.24) is 4.90 Å². The summed E-state index contributed by atoms with van der Waals surface area (Å²) in [6, 6.07) is 4.46. The van der Waals surface area contributed by atoms with Gasteiger partial charge >= 0.3 is 12.0 Å². The van der Waals surface area contributed by atoms with Gasteiger partial charge in [0.05, 0.1) is 5.56 Å². The summed E-state index contributed by atoms with van der Waals surface area (Å²) in [6.07, 6.45) is 0. The number of benzene rings is 1. The summed E-state index contributed by atoms with van der Waals surface area (Å²) in [5, 5.41) is 11.8. The molecule has 1 aromatic rings. The highest BCUT2D eigenvalue weighted by atomic mass is 79.9. The number of nitrogens with one attached hydrogen (secondary N) is 1. The molecule has 0 radical (unpaired) electrons. The molecule has 2 amide bonds. The van der Waals surface area contributed by atoms with Crippen molar-refractivity contribution < 1.29 is 14.7 Å². The average molecular weight is 357 g/mol. The molecule has 0 bridgehead atoms. The molecule has 0 aliphatic heterocycles. The van der Waals surface area contributed by atoms with Crippen LogP contribution in [0.3, 0.4) is 0 Å². The highest BCUT2D eigenvalue weighted by molar-refractivity contribution is 9.10.